The zero-order valence-electron chi connectivity index (χ0n) is 9.85. The molecule has 0 aromatic carbocycles. The Morgan fingerprint density at radius 3 is 2.23 bits per heavy atom. The first-order valence-corrected chi connectivity index (χ1v) is 5.60. The highest BCUT2D eigenvalue weighted by Crippen LogP contribution is 2.38. The maximum absolute atomic E-state index is 2.49. The summed E-state index contributed by atoms with van der Waals surface area (Å²) in [6.45, 7) is 11.7. The Hall–Kier alpha value is -0.260. The van der Waals surface area contributed by atoms with E-state index in [1.807, 2.05) is 0 Å². The summed E-state index contributed by atoms with van der Waals surface area (Å²) in [7, 11) is 0. The second kappa shape index (κ2) is 3.86. The van der Waals surface area contributed by atoms with Crippen molar-refractivity contribution in [2.75, 3.05) is 0 Å². The number of rotatable bonds is 1. The molecule has 0 spiro atoms. The largest absolute Gasteiger partial charge is 0.0848 e. The standard InChI is InChI=1S/C13H24/c1-10(2)11-6-8-12(9-7-11)13(3,4)5/h6,10,12H,7-9H2,1-5H3. The lowest BCUT2D eigenvalue weighted by Crippen LogP contribution is -2.22. The Morgan fingerprint density at radius 2 is 1.92 bits per heavy atom. The van der Waals surface area contributed by atoms with E-state index in [9.17, 15) is 0 Å². The zero-order chi connectivity index (χ0) is 10.1. The normalized spacial score (nSPS) is 24.8. The lowest BCUT2D eigenvalue weighted by molar-refractivity contribution is 0.218. The Morgan fingerprint density at radius 1 is 1.31 bits per heavy atom. The van der Waals surface area contributed by atoms with Crippen molar-refractivity contribution in [2.24, 2.45) is 17.3 Å². The Kier molecular flexibility index (Phi) is 3.21. The van der Waals surface area contributed by atoms with Crippen LogP contribution in [0.3, 0.4) is 0 Å². The minimum Gasteiger partial charge on any atom is -0.0848 e. The fourth-order valence-corrected chi connectivity index (χ4v) is 2.17. The maximum atomic E-state index is 2.49. The van der Waals surface area contributed by atoms with Gasteiger partial charge < -0.3 is 0 Å². The van der Waals surface area contributed by atoms with Crippen LogP contribution in [-0.2, 0) is 0 Å². The van der Waals surface area contributed by atoms with E-state index in [2.05, 4.69) is 40.7 Å². The summed E-state index contributed by atoms with van der Waals surface area (Å²) < 4.78 is 0. The van der Waals surface area contributed by atoms with Crippen molar-refractivity contribution in [1.82, 2.24) is 0 Å². The van der Waals surface area contributed by atoms with Gasteiger partial charge in [-0.05, 0) is 36.5 Å². The topological polar surface area (TPSA) is 0 Å². The van der Waals surface area contributed by atoms with Crippen LogP contribution in [0.5, 0.6) is 0 Å². The molecule has 0 saturated carbocycles. The summed E-state index contributed by atoms with van der Waals surface area (Å²) >= 11 is 0. The van der Waals surface area contributed by atoms with E-state index in [4.69, 9.17) is 0 Å². The molecule has 1 aliphatic carbocycles. The van der Waals surface area contributed by atoms with Crippen LogP contribution in [0, 0.1) is 17.3 Å². The Bertz CT molecular complexity index is 191. The van der Waals surface area contributed by atoms with E-state index < -0.39 is 0 Å². The van der Waals surface area contributed by atoms with Gasteiger partial charge in [-0.15, -0.1) is 0 Å². The molecule has 1 aliphatic rings. The molecule has 13 heavy (non-hydrogen) atoms. The smallest absolute Gasteiger partial charge is 0.0260 e. The van der Waals surface area contributed by atoms with E-state index in [0.717, 1.165) is 11.8 Å². The van der Waals surface area contributed by atoms with E-state index >= 15 is 0 Å². The predicted molar refractivity (Wildman–Crippen MR) is 59.7 cm³/mol. The van der Waals surface area contributed by atoms with Crippen LogP contribution in [0.15, 0.2) is 11.6 Å². The molecule has 0 bridgehead atoms. The van der Waals surface area contributed by atoms with Crippen molar-refractivity contribution in [1.29, 1.82) is 0 Å². The molecule has 1 rings (SSSR count). The van der Waals surface area contributed by atoms with Crippen LogP contribution in [0.1, 0.15) is 53.9 Å². The van der Waals surface area contributed by atoms with Crippen molar-refractivity contribution < 1.29 is 0 Å². The predicted octanol–water partition coefficient (Wildman–Crippen LogP) is 4.42. The second-order valence-electron chi connectivity index (χ2n) is 5.77. The molecule has 1 unspecified atom stereocenters. The van der Waals surface area contributed by atoms with E-state index in [1.54, 1.807) is 5.57 Å². The number of hydrogen-bond donors (Lipinski definition) is 0. The average Bonchev–Trinajstić information content (AvgIpc) is 2.03. The van der Waals surface area contributed by atoms with Crippen molar-refractivity contribution in [3.05, 3.63) is 11.6 Å². The van der Waals surface area contributed by atoms with Crippen molar-refractivity contribution in [3.63, 3.8) is 0 Å². The molecule has 0 N–H and O–H groups in total. The first kappa shape index (κ1) is 10.8. The monoisotopic (exact) mass is 180 g/mol. The Balaban J connectivity index is 2.56. The molecule has 0 fully saturated rings. The van der Waals surface area contributed by atoms with Gasteiger partial charge in [-0.3, -0.25) is 0 Å². The van der Waals surface area contributed by atoms with E-state index in [0.29, 0.717) is 5.41 Å². The summed E-state index contributed by atoms with van der Waals surface area (Å²) in [5, 5.41) is 0. The van der Waals surface area contributed by atoms with Gasteiger partial charge in [0.1, 0.15) is 0 Å². The fraction of sp³-hybridized carbons (Fsp3) is 0.846. The van der Waals surface area contributed by atoms with Gasteiger partial charge in [0.2, 0.25) is 0 Å². The molecule has 0 nitrogen and oxygen atoms in total. The highest BCUT2D eigenvalue weighted by atomic mass is 14.3. The zero-order valence-corrected chi connectivity index (χ0v) is 9.85. The van der Waals surface area contributed by atoms with Gasteiger partial charge in [-0.2, -0.15) is 0 Å². The quantitative estimate of drug-likeness (QED) is 0.524. The van der Waals surface area contributed by atoms with Gasteiger partial charge in [0.15, 0.2) is 0 Å². The van der Waals surface area contributed by atoms with Crippen molar-refractivity contribution >= 4 is 0 Å². The summed E-state index contributed by atoms with van der Waals surface area (Å²) in [6.07, 6.45) is 6.52. The van der Waals surface area contributed by atoms with Crippen LogP contribution >= 0.6 is 0 Å². The van der Waals surface area contributed by atoms with Crippen molar-refractivity contribution in [2.45, 2.75) is 53.9 Å². The van der Waals surface area contributed by atoms with Gasteiger partial charge in [0.05, 0.1) is 0 Å². The fourth-order valence-electron chi connectivity index (χ4n) is 2.17. The molecule has 0 amide bonds. The van der Waals surface area contributed by atoms with Crippen LogP contribution < -0.4 is 0 Å². The highest BCUT2D eigenvalue weighted by molar-refractivity contribution is 5.09. The van der Waals surface area contributed by atoms with Crippen molar-refractivity contribution in [3.8, 4) is 0 Å². The van der Waals surface area contributed by atoms with Crippen LogP contribution in [-0.4, -0.2) is 0 Å². The van der Waals surface area contributed by atoms with Gasteiger partial charge in [0, 0.05) is 0 Å². The third-order valence-corrected chi connectivity index (χ3v) is 3.41. The van der Waals surface area contributed by atoms with Crippen LogP contribution in [0.25, 0.3) is 0 Å². The summed E-state index contributed by atoms with van der Waals surface area (Å²) in [4.78, 5) is 0. The first-order valence-electron chi connectivity index (χ1n) is 5.60. The van der Waals surface area contributed by atoms with E-state index in [-0.39, 0.29) is 0 Å². The molecule has 0 aliphatic heterocycles. The summed E-state index contributed by atoms with van der Waals surface area (Å²) in [6, 6.07) is 0. The minimum atomic E-state index is 0.499. The first-order chi connectivity index (χ1) is 5.91. The molecule has 76 valence electrons. The van der Waals surface area contributed by atoms with Gasteiger partial charge in [-0.25, -0.2) is 0 Å². The van der Waals surface area contributed by atoms with Crippen LogP contribution in [0.2, 0.25) is 0 Å². The molecule has 0 heteroatoms. The molecule has 0 saturated heterocycles. The maximum Gasteiger partial charge on any atom is -0.0260 e. The third-order valence-electron chi connectivity index (χ3n) is 3.41. The van der Waals surface area contributed by atoms with Gasteiger partial charge in [0.25, 0.3) is 0 Å². The Labute approximate surface area is 83.4 Å². The number of allylic oxidation sites excluding steroid dienone is 2. The molecule has 1 atom stereocenters. The lowest BCUT2D eigenvalue weighted by Gasteiger charge is -2.34. The van der Waals surface area contributed by atoms with Gasteiger partial charge >= 0.3 is 0 Å². The second-order valence-corrected chi connectivity index (χ2v) is 5.77. The SMILES string of the molecule is CC(C)C1=CCC(C(C)(C)C)CC1. The lowest BCUT2D eigenvalue weighted by atomic mass is 9.72. The van der Waals surface area contributed by atoms with E-state index in [1.165, 1.54) is 19.3 Å². The molecular formula is C13H24. The molecule has 0 radical (unpaired) electrons. The average molecular weight is 180 g/mol. The minimum absolute atomic E-state index is 0.499. The molecule has 0 aromatic rings. The number of hydrogen-bond acceptors (Lipinski definition) is 0. The third kappa shape index (κ3) is 2.86. The molecule has 0 aromatic heterocycles. The highest BCUT2D eigenvalue weighted by Gasteiger charge is 2.26. The van der Waals surface area contributed by atoms with Gasteiger partial charge in [-0.1, -0.05) is 46.3 Å². The molecular weight excluding hydrogens is 156 g/mol. The summed E-state index contributed by atoms with van der Waals surface area (Å²) in [5.41, 5.74) is 2.18. The van der Waals surface area contributed by atoms with Crippen LogP contribution in [0.4, 0.5) is 0 Å². The summed E-state index contributed by atoms with van der Waals surface area (Å²) in [5.74, 6) is 1.66. The molecule has 0 heterocycles.